The van der Waals surface area contributed by atoms with Gasteiger partial charge in [0.25, 0.3) is 5.69 Å². The summed E-state index contributed by atoms with van der Waals surface area (Å²) in [5.41, 5.74) is -0.0334. The molecule has 0 fully saturated rings. The van der Waals surface area contributed by atoms with E-state index in [1.165, 1.54) is 12.3 Å². The van der Waals surface area contributed by atoms with Gasteiger partial charge in [0, 0.05) is 31.5 Å². The summed E-state index contributed by atoms with van der Waals surface area (Å²) in [6, 6.07) is 3.31. The van der Waals surface area contributed by atoms with Gasteiger partial charge in [-0.05, 0) is 28.4 Å². The molecule has 0 unspecified atom stereocenters. The van der Waals surface area contributed by atoms with E-state index in [-0.39, 0.29) is 5.69 Å². The van der Waals surface area contributed by atoms with Crippen molar-refractivity contribution in [3.63, 3.8) is 0 Å². The summed E-state index contributed by atoms with van der Waals surface area (Å²) in [4.78, 5) is 14.1. The van der Waals surface area contributed by atoms with Crippen LogP contribution in [-0.2, 0) is 6.54 Å². The van der Waals surface area contributed by atoms with Gasteiger partial charge in [0.05, 0.1) is 9.40 Å². The van der Waals surface area contributed by atoms with E-state index in [9.17, 15) is 10.1 Å². The summed E-state index contributed by atoms with van der Waals surface area (Å²) in [6.07, 6.45) is 5.76. The molecular weight excluding hydrogens is 314 g/mol. The number of hydrogen-bond acceptors (Lipinski definition) is 5. The van der Waals surface area contributed by atoms with E-state index in [1.54, 1.807) is 6.20 Å². The molecule has 0 amide bonds. The number of halogens is 1. The van der Waals surface area contributed by atoms with Crippen LogP contribution in [0.3, 0.4) is 0 Å². The van der Waals surface area contributed by atoms with Crippen LogP contribution in [0.5, 0.6) is 0 Å². The lowest BCUT2D eigenvalue weighted by atomic mass is 10.4. The van der Waals surface area contributed by atoms with Crippen molar-refractivity contribution in [1.82, 2.24) is 14.8 Å². The van der Waals surface area contributed by atoms with E-state index in [4.69, 9.17) is 0 Å². The molecule has 0 bridgehead atoms. The Morgan fingerprint density at radius 3 is 3.00 bits per heavy atom. The van der Waals surface area contributed by atoms with Gasteiger partial charge in [-0.2, -0.15) is 5.10 Å². The number of aryl methyl sites for hydroxylation is 1. The van der Waals surface area contributed by atoms with E-state index in [2.05, 4.69) is 31.3 Å². The van der Waals surface area contributed by atoms with Gasteiger partial charge in [0.2, 0.25) is 0 Å². The fourth-order valence-electron chi connectivity index (χ4n) is 1.54. The number of nitrogens with one attached hydrogen (secondary N) is 1. The fourth-order valence-corrected chi connectivity index (χ4v) is 2.02. The van der Waals surface area contributed by atoms with Gasteiger partial charge in [0.15, 0.2) is 0 Å². The van der Waals surface area contributed by atoms with E-state index < -0.39 is 4.92 Å². The van der Waals surface area contributed by atoms with Gasteiger partial charge in [-0.25, -0.2) is 4.98 Å². The van der Waals surface area contributed by atoms with Crippen molar-refractivity contribution in [2.45, 2.75) is 13.0 Å². The van der Waals surface area contributed by atoms with Crippen molar-refractivity contribution in [1.29, 1.82) is 0 Å². The minimum Gasteiger partial charge on any atom is -0.369 e. The number of rotatable bonds is 6. The van der Waals surface area contributed by atoms with Gasteiger partial charge < -0.3 is 5.32 Å². The van der Waals surface area contributed by atoms with Gasteiger partial charge in [-0.15, -0.1) is 0 Å². The molecule has 0 spiro atoms. The van der Waals surface area contributed by atoms with Crippen molar-refractivity contribution < 1.29 is 4.92 Å². The third-order valence-corrected chi connectivity index (χ3v) is 3.06. The molecule has 0 aliphatic carbocycles. The largest absolute Gasteiger partial charge is 0.369 e. The summed E-state index contributed by atoms with van der Waals surface area (Å²) in [5.74, 6) is 0.603. The molecule has 1 N–H and O–H groups in total. The van der Waals surface area contributed by atoms with Crippen LogP contribution in [0.25, 0.3) is 0 Å². The molecule has 0 saturated heterocycles. The molecule has 0 aromatic carbocycles. The molecule has 0 atom stereocenters. The molecule has 0 aliphatic heterocycles. The number of aromatic nitrogens is 3. The molecule has 2 rings (SSSR count). The van der Waals surface area contributed by atoms with Crippen LogP contribution in [0.15, 0.2) is 35.2 Å². The molecule has 100 valence electrons. The summed E-state index contributed by atoms with van der Waals surface area (Å²) in [6.45, 7) is 1.52. The average molecular weight is 326 g/mol. The van der Waals surface area contributed by atoms with E-state index >= 15 is 0 Å². The third kappa shape index (κ3) is 3.75. The predicted octanol–water partition coefficient (Wildman–Crippen LogP) is 2.45. The molecule has 19 heavy (non-hydrogen) atoms. The number of nitro groups is 1. The van der Waals surface area contributed by atoms with Gasteiger partial charge in [-0.3, -0.25) is 14.8 Å². The maximum Gasteiger partial charge on any atom is 0.288 e. The van der Waals surface area contributed by atoms with E-state index in [1.807, 2.05) is 16.9 Å². The molecule has 0 aliphatic rings. The number of pyridine rings is 1. The SMILES string of the molecule is O=[N+]([O-])c1cnc(NCCCn2cccn2)c(Br)c1. The summed E-state index contributed by atoms with van der Waals surface area (Å²) in [5, 5.41) is 17.8. The second-order valence-electron chi connectivity index (χ2n) is 3.83. The Bertz CT molecular complexity index is 558. The molecule has 0 radical (unpaired) electrons. The van der Waals surface area contributed by atoms with Crippen LogP contribution in [0, 0.1) is 10.1 Å². The lowest BCUT2D eigenvalue weighted by Gasteiger charge is -2.07. The first-order valence-electron chi connectivity index (χ1n) is 5.68. The van der Waals surface area contributed by atoms with E-state index in [0.29, 0.717) is 16.8 Å². The van der Waals surface area contributed by atoms with Gasteiger partial charge in [0.1, 0.15) is 12.0 Å². The fraction of sp³-hybridized carbons (Fsp3) is 0.273. The second-order valence-corrected chi connectivity index (χ2v) is 4.68. The Labute approximate surface area is 117 Å². The van der Waals surface area contributed by atoms with Crippen LogP contribution < -0.4 is 5.32 Å². The normalized spacial score (nSPS) is 10.4. The van der Waals surface area contributed by atoms with Crippen molar-refractivity contribution >= 4 is 27.4 Å². The molecule has 7 nitrogen and oxygen atoms in total. The minimum absolute atomic E-state index is 0.0334. The zero-order valence-corrected chi connectivity index (χ0v) is 11.6. The van der Waals surface area contributed by atoms with Crippen molar-refractivity contribution in [2.75, 3.05) is 11.9 Å². The van der Waals surface area contributed by atoms with Crippen LogP contribution in [0.2, 0.25) is 0 Å². The van der Waals surface area contributed by atoms with E-state index in [0.717, 1.165) is 13.0 Å². The maximum absolute atomic E-state index is 10.6. The Morgan fingerprint density at radius 2 is 2.37 bits per heavy atom. The third-order valence-electron chi connectivity index (χ3n) is 2.45. The lowest BCUT2D eigenvalue weighted by molar-refractivity contribution is -0.385. The highest BCUT2D eigenvalue weighted by Gasteiger charge is 2.09. The zero-order valence-electron chi connectivity index (χ0n) is 9.99. The standard InChI is InChI=1S/C11H12BrN5O2/c12-10-7-9(17(18)19)8-14-11(10)13-3-1-5-16-6-2-4-15-16/h2,4,6-8H,1,3,5H2,(H,13,14). The van der Waals surface area contributed by atoms with Crippen molar-refractivity contribution in [3.8, 4) is 0 Å². The first-order valence-corrected chi connectivity index (χ1v) is 6.47. The molecule has 0 saturated carbocycles. The summed E-state index contributed by atoms with van der Waals surface area (Å²) in [7, 11) is 0. The van der Waals surface area contributed by atoms with Crippen LogP contribution in [-0.4, -0.2) is 26.2 Å². The highest BCUT2D eigenvalue weighted by Crippen LogP contribution is 2.24. The Balaban J connectivity index is 1.84. The lowest BCUT2D eigenvalue weighted by Crippen LogP contribution is -2.08. The first-order chi connectivity index (χ1) is 9.16. The number of anilines is 1. The van der Waals surface area contributed by atoms with Crippen LogP contribution >= 0.6 is 15.9 Å². The summed E-state index contributed by atoms with van der Waals surface area (Å²) < 4.78 is 2.43. The highest BCUT2D eigenvalue weighted by molar-refractivity contribution is 9.10. The molecule has 2 heterocycles. The van der Waals surface area contributed by atoms with Crippen LogP contribution in [0.4, 0.5) is 11.5 Å². The Kier molecular flexibility index (Phi) is 4.45. The molecular formula is C11H12BrN5O2. The Hall–Kier alpha value is -1.96. The van der Waals surface area contributed by atoms with Gasteiger partial charge >= 0.3 is 0 Å². The highest BCUT2D eigenvalue weighted by atomic mass is 79.9. The summed E-state index contributed by atoms with van der Waals surface area (Å²) >= 11 is 3.26. The average Bonchev–Trinajstić information content (AvgIpc) is 2.89. The zero-order chi connectivity index (χ0) is 13.7. The molecule has 2 aromatic heterocycles. The van der Waals surface area contributed by atoms with Crippen molar-refractivity contribution in [3.05, 3.63) is 45.3 Å². The maximum atomic E-state index is 10.6. The quantitative estimate of drug-likeness (QED) is 0.501. The minimum atomic E-state index is -0.473. The van der Waals surface area contributed by atoms with Gasteiger partial charge in [-0.1, -0.05) is 0 Å². The van der Waals surface area contributed by atoms with Crippen molar-refractivity contribution in [2.24, 2.45) is 0 Å². The topological polar surface area (TPSA) is 85.9 Å². The van der Waals surface area contributed by atoms with Crippen LogP contribution in [0.1, 0.15) is 6.42 Å². The second kappa shape index (κ2) is 6.28. The smallest absolute Gasteiger partial charge is 0.288 e. The number of nitrogens with zero attached hydrogens (tertiary/aromatic N) is 4. The predicted molar refractivity (Wildman–Crippen MR) is 73.9 cm³/mol. The molecule has 2 aromatic rings. The molecule has 8 heteroatoms. The monoisotopic (exact) mass is 325 g/mol. The Morgan fingerprint density at radius 1 is 1.53 bits per heavy atom. The number of hydrogen-bond donors (Lipinski definition) is 1. The first kappa shape index (κ1) is 13.5.